The predicted octanol–water partition coefficient (Wildman–Crippen LogP) is 3.66. The van der Waals surface area contributed by atoms with Gasteiger partial charge in [0.25, 0.3) is 0 Å². The van der Waals surface area contributed by atoms with Crippen molar-refractivity contribution in [1.82, 2.24) is 0 Å². The van der Waals surface area contributed by atoms with Crippen LogP contribution >= 0.6 is 0 Å². The minimum atomic E-state index is 0.357. The first-order valence-electron chi connectivity index (χ1n) is 7.02. The summed E-state index contributed by atoms with van der Waals surface area (Å²) in [6, 6.07) is 6.42. The van der Waals surface area contributed by atoms with Crippen molar-refractivity contribution < 1.29 is 0 Å². The number of rotatable bonds is 2. The highest BCUT2D eigenvalue weighted by atomic mass is 14.7. The number of nitrogens with two attached hydrogens (primary N) is 1. The molecule has 0 saturated carbocycles. The third kappa shape index (κ3) is 2.57. The summed E-state index contributed by atoms with van der Waals surface area (Å²) in [5.74, 6) is 1.14. The van der Waals surface area contributed by atoms with Gasteiger partial charge in [-0.1, -0.05) is 25.1 Å². The van der Waals surface area contributed by atoms with Gasteiger partial charge < -0.3 is 5.73 Å². The van der Waals surface area contributed by atoms with E-state index in [0.29, 0.717) is 17.8 Å². The molecule has 0 fully saturated rings. The van der Waals surface area contributed by atoms with E-state index in [1.807, 2.05) is 24.8 Å². The summed E-state index contributed by atoms with van der Waals surface area (Å²) >= 11 is 0. The molecule has 0 aliphatic carbocycles. The molecule has 0 radical (unpaired) electrons. The Labute approximate surface area is 119 Å². The molecule has 3 heteroatoms. The standard InChI is InChI=1S/C17H19N3/c1-12-11-20-7-4-17(12)15-8-14(9-16(18)10-15)13-2-5-19-6-3-13/h2,4-13,17H,3,18H2,1H3. The van der Waals surface area contributed by atoms with Gasteiger partial charge in [0.05, 0.1) is 0 Å². The maximum atomic E-state index is 6.10. The Balaban J connectivity index is 1.94. The van der Waals surface area contributed by atoms with Gasteiger partial charge in [0, 0.05) is 48.3 Å². The summed E-state index contributed by atoms with van der Waals surface area (Å²) in [6.07, 6.45) is 12.9. The zero-order valence-electron chi connectivity index (χ0n) is 11.6. The molecule has 2 aliphatic heterocycles. The van der Waals surface area contributed by atoms with Crippen LogP contribution in [0.4, 0.5) is 5.69 Å². The van der Waals surface area contributed by atoms with E-state index in [4.69, 9.17) is 5.73 Å². The number of nitrogens with zero attached hydrogens (tertiary/aromatic N) is 2. The van der Waals surface area contributed by atoms with Crippen LogP contribution in [0.2, 0.25) is 0 Å². The first-order valence-corrected chi connectivity index (χ1v) is 7.02. The van der Waals surface area contributed by atoms with Crippen molar-refractivity contribution in [2.75, 3.05) is 5.73 Å². The number of benzene rings is 1. The molecule has 102 valence electrons. The van der Waals surface area contributed by atoms with Crippen molar-refractivity contribution in [3.63, 3.8) is 0 Å². The van der Waals surface area contributed by atoms with E-state index < -0.39 is 0 Å². The summed E-state index contributed by atoms with van der Waals surface area (Å²) in [6.45, 7) is 2.19. The van der Waals surface area contributed by atoms with Crippen molar-refractivity contribution in [3.8, 4) is 0 Å². The highest BCUT2D eigenvalue weighted by Crippen LogP contribution is 2.33. The van der Waals surface area contributed by atoms with Gasteiger partial charge in [-0.3, -0.25) is 9.98 Å². The molecular formula is C17H19N3. The van der Waals surface area contributed by atoms with Gasteiger partial charge in [0.2, 0.25) is 0 Å². The molecule has 20 heavy (non-hydrogen) atoms. The van der Waals surface area contributed by atoms with Crippen LogP contribution in [0, 0.1) is 5.92 Å². The topological polar surface area (TPSA) is 50.7 Å². The van der Waals surface area contributed by atoms with E-state index in [9.17, 15) is 0 Å². The molecule has 3 nitrogen and oxygen atoms in total. The lowest BCUT2D eigenvalue weighted by Gasteiger charge is -2.22. The number of allylic oxidation sites excluding steroid dienone is 2. The van der Waals surface area contributed by atoms with E-state index in [2.05, 4.69) is 47.3 Å². The average Bonchev–Trinajstić information content (AvgIpc) is 2.48. The Kier molecular flexibility index (Phi) is 3.50. The summed E-state index contributed by atoms with van der Waals surface area (Å²) in [4.78, 5) is 8.34. The Hall–Kier alpha value is -2.16. The molecule has 2 heterocycles. The largest absolute Gasteiger partial charge is 0.399 e. The van der Waals surface area contributed by atoms with Crippen molar-refractivity contribution in [1.29, 1.82) is 0 Å². The van der Waals surface area contributed by atoms with Crippen molar-refractivity contribution in [2.45, 2.75) is 25.2 Å². The molecular weight excluding hydrogens is 246 g/mol. The second-order valence-corrected chi connectivity index (χ2v) is 5.47. The molecule has 3 rings (SSSR count). The van der Waals surface area contributed by atoms with Gasteiger partial charge in [-0.25, -0.2) is 0 Å². The summed E-state index contributed by atoms with van der Waals surface area (Å²) in [5, 5.41) is 0. The smallest absolute Gasteiger partial charge is 0.0319 e. The lowest BCUT2D eigenvalue weighted by Crippen LogP contribution is -2.12. The number of anilines is 1. The molecule has 1 aromatic carbocycles. The number of hydrogen-bond acceptors (Lipinski definition) is 3. The molecule has 0 spiro atoms. The first-order chi connectivity index (χ1) is 9.74. The molecule has 3 atom stereocenters. The minimum Gasteiger partial charge on any atom is -0.399 e. The van der Waals surface area contributed by atoms with Gasteiger partial charge in [-0.05, 0) is 29.7 Å². The number of hydrogen-bond donors (Lipinski definition) is 1. The van der Waals surface area contributed by atoms with Crippen LogP contribution in [0.3, 0.4) is 0 Å². The Morgan fingerprint density at radius 2 is 1.85 bits per heavy atom. The van der Waals surface area contributed by atoms with E-state index in [0.717, 1.165) is 12.1 Å². The van der Waals surface area contributed by atoms with Gasteiger partial charge in [-0.2, -0.15) is 0 Å². The van der Waals surface area contributed by atoms with Crippen LogP contribution in [0.1, 0.15) is 36.3 Å². The number of nitrogen functional groups attached to an aromatic ring is 1. The van der Waals surface area contributed by atoms with Crippen LogP contribution in [0.15, 0.2) is 52.7 Å². The zero-order chi connectivity index (χ0) is 13.9. The van der Waals surface area contributed by atoms with Crippen molar-refractivity contribution in [2.24, 2.45) is 15.9 Å². The van der Waals surface area contributed by atoms with E-state index in [1.54, 1.807) is 0 Å². The summed E-state index contributed by atoms with van der Waals surface area (Å²) < 4.78 is 0. The highest BCUT2D eigenvalue weighted by Gasteiger charge is 2.19. The summed E-state index contributed by atoms with van der Waals surface area (Å²) in [7, 11) is 0. The van der Waals surface area contributed by atoms with Crippen LogP contribution in [-0.4, -0.2) is 12.4 Å². The molecule has 0 saturated heterocycles. The van der Waals surface area contributed by atoms with Gasteiger partial charge in [0.1, 0.15) is 0 Å². The molecule has 0 bridgehead atoms. The monoisotopic (exact) mass is 265 g/mol. The number of aliphatic imine (C=N–C) groups is 2. The fourth-order valence-electron chi connectivity index (χ4n) is 2.83. The lowest BCUT2D eigenvalue weighted by atomic mass is 9.84. The van der Waals surface area contributed by atoms with Crippen LogP contribution in [0.25, 0.3) is 0 Å². The maximum Gasteiger partial charge on any atom is 0.0319 e. The fourth-order valence-corrected chi connectivity index (χ4v) is 2.83. The average molecular weight is 265 g/mol. The van der Waals surface area contributed by atoms with Gasteiger partial charge in [0.15, 0.2) is 0 Å². The molecule has 0 amide bonds. The van der Waals surface area contributed by atoms with E-state index in [1.165, 1.54) is 11.1 Å². The SMILES string of the molecule is CC1C=NC=CC1c1cc(N)cc(C2C=CN=CC2)c1. The lowest BCUT2D eigenvalue weighted by molar-refractivity contribution is 0.680. The second kappa shape index (κ2) is 5.45. The zero-order valence-corrected chi connectivity index (χ0v) is 11.6. The molecule has 1 aromatic rings. The Morgan fingerprint density at radius 1 is 1.05 bits per heavy atom. The van der Waals surface area contributed by atoms with E-state index >= 15 is 0 Å². The summed E-state index contributed by atoms with van der Waals surface area (Å²) in [5.41, 5.74) is 9.47. The predicted molar refractivity (Wildman–Crippen MR) is 85.4 cm³/mol. The Morgan fingerprint density at radius 3 is 2.60 bits per heavy atom. The first kappa shape index (κ1) is 12.9. The highest BCUT2D eigenvalue weighted by molar-refractivity contribution is 5.66. The molecule has 3 unspecified atom stereocenters. The van der Waals surface area contributed by atoms with Crippen molar-refractivity contribution >= 4 is 18.1 Å². The van der Waals surface area contributed by atoms with Crippen molar-refractivity contribution in [3.05, 3.63) is 53.9 Å². The van der Waals surface area contributed by atoms with Gasteiger partial charge >= 0.3 is 0 Å². The second-order valence-electron chi connectivity index (χ2n) is 5.47. The van der Waals surface area contributed by atoms with Crippen LogP contribution < -0.4 is 5.73 Å². The third-order valence-corrected chi connectivity index (χ3v) is 3.95. The van der Waals surface area contributed by atoms with Crippen LogP contribution in [0.5, 0.6) is 0 Å². The van der Waals surface area contributed by atoms with E-state index in [-0.39, 0.29) is 0 Å². The quantitative estimate of drug-likeness (QED) is 0.815. The molecule has 2 aliphatic rings. The normalized spacial score (nSPS) is 27.9. The Bertz CT molecular complexity index is 611. The maximum absolute atomic E-state index is 6.10. The van der Waals surface area contributed by atoms with Gasteiger partial charge in [-0.15, -0.1) is 0 Å². The minimum absolute atomic E-state index is 0.357. The van der Waals surface area contributed by atoms with Crippen LogP contribution in [-0.2, 0) is 0 Å². The molecule has 0 aromatic heterocycles. The third-order valence-electron chi connectivity index (χ3n) is 3.95. The fraction of sp³-hybridized carbons (Fsp3) is 0.294. The molecule has 2 N–H and O–H groups in total.